The van der Waals surface area contributed by atoms with Crippen molar-refractivity contribution in [2.24, 2.45) is 0 Å². The van der Waals surface area contributed by atoms with E-state index in [2.05, 4.69) is 221 Å². The topological polar surface area (TPSA) is 38.0 Å². The normalized spacial score (nSPS) is 12.0. The first-order valence-electron chi connectivity index (χ1n) is 24.9. The summed E-state index contributed by atoms with van der Waals surface area (Å²) >= 11 is 5.39. The average molecular weight is 1010 g/mol. The molecule has 0 bridgehead atoms. The van der Waals surface area contributed by atoms with Crippen molar-refractivity contribution in [3.05, 3.63) is 235 Å². The lowest BCUT2D eigenvalue weighted by molar-refractivity contribution is 1.15. The van der Waals surface area contributed by atoms with Crippen molar-refractivity contribution in [1.29, 1.82) is 5.26 Å². The summed E-state index contributed by atoms with van der Waals surface area (Å²) in [5.41, 5.74) is 12.0. The number of para-hydroxylation sites is 1. The molecule has 0 saturated carbocycles. The van der Waals surface area contributed by atoms with Crippen LogP contribution < -0.4 is 0 Å². The van der Waals surface area contributed by atoms with E-state index in [9.17, 15) is 11.8 Å². The Balaban J connectivity index is 1.14. The van der Waals surface area contributed by atoms with E-state index < -0.39 is 0 Å². The van der Waals surface area contributed by atoms with Gasteiger partial charge in [-0.25, -0.2) is 4.85 Å². The summed E-state index contributed by atoms with van der Waals surface area (Å²) in [5, 5.41) is 23.9. The molecule has 0 amide bonds. The summed E-state index contributed by atoms with van der Waals surface area (Å²) in [7, 11) is 0. The van der Waals surface area contributed by atoms with Crippen LogP contribution in [0.5, 0.6) is 0 Å². The Morgan fingerprint density at radius 2 is 0.893 bits per heavy atom. The van der Waals surface area contributed by atoms with E-state index >= 15 is 0 Å². The fraction of sp³-hybridized carbons (Fsp3) is 0. The number of hydrogen-bond donors (Lipinski definition) is 0. The zero-order chi connectivity index (χ0) is 49.5. The highest BCUT2D eigenvalue weighted by molar-refractivity contribution is 7.27. The van der Waals surface area contributed by atoms with Crippen molar-refractivity contribution in [3.8, 4) is 50.8 Å². The van der Waals surface area contributed by atoms with Crippen LogP contribution in [-0.2, 0) is 0 Å². The Labute approximate surface area is 441 Å². The first-order valence-corrected chi connectivity index (χ1v) is 27.4. The van der Waals surface area contributed by atoms with E-state index in [1.54, 1.807) is 22.7 Å². The third-order valence-corrected chi connectivity index (χ3v) is 19.0. The minimum absolute atomic E-state index is 0.419. The zero-order valence-electron chi connectivity index (χ0n) is 39.8. The number of nitrogens with zero attached hydrogens (tertiary/aromatic N) is 4. The Morgan fingerprint density at radius 1 is 0.373 bits per heavy atom. The highest BCUT2D eigenvalue weighted by Crippen LogP contribution is 2.55. The molecule has 0 fully saturated rings. The molecule has 346 valence electrons. The molecule has 0 aliphatic carbocycles. The second-order valence-corrected chi connectivity index (χ2v) is 22.3. The van der Waals surface area contributed by atoms with Crippen LogP contribution in [0.25, 0.3) is 154 Å². The Kier molecular flexibility index (Phi) is 9.05. The molecule has 7 heteroatoms. The van der Waals surface area contributed by atoms with Gasteiger partial charge in [-0.2, -0.15) is 5.26 Å². The number of fused-ring (bicyclic) bond motifs is 18. The van der Waals surface area contributed by atoms with Gasteiger partial charge in [-0.05, 0) is 52.6 Å². The summed E-state index contributed by atoms with van der Waals surface area (Å²) in [6, 6.07) is 80.6. The van der Waals surface area contributed by atoms with Crippen molar-refractivity contribution in [3.63, 3.8) is 0 Å². The Hall–Kier alpha value is -9.34. The number of thiophene rings is 3. The standard InChI is InChI=1S/C68H36N4S3/c1-70-61-58(41-22-9-4-10-23-41)65(71-52-29-14-11-26-49(52)59-53(71)36-37-56-60(59)50-28-17-27-42(66(50)75-56)39-18-5-2-6-19-39)57(40-20-7-3-8-21-40)51(38-69)62(61)72-63-45(32-34-47-43-24-12-15-30-54(43)73-67(47)63)46-33-35-48-44-25-13-16-31-55(44)74-68(48)64(46)72/h2-37H. The summed E-state index contributed by atoms with van der Waals surface area (Å²) in [6.07, 6.45) is 0. The molecule has 11 aromatic carbocycles. The van der Waals surface area contributed by atoms with Crippen LogP contribution >= 0.6 is 34.0 Å². The molecule has 0 unspecified atom stereocenters. The Morgan fingerprint density at radius 3 is 1.51 bits per heavy atom. The van der Waals surface area contributed by atoms with Gasteiger partial charge in [-0.3, -0.25) is 0 Å². The molecular weight excluding hydrogens is 969 g/mol. The van der Waals surface area contributed by atoms with E-state index in [1.807, 2.05) is 23.5 Å². The van der Waals surface area contributed by atoms with E-state index in [-0.39, 0.29) is 0 Å². The van der Waals surface area contributed by atoms with E-state index in [0.717, 1.165) is 91.7 Å². The van der Waals surface area contributed by atoms with Crippen LogP contribution in [0.1, 0.15) is 5.56 Å². The molecule has 0 N–H and O–H groups in total. The van der Waals surface area contributed by atoms with Crippen LogP contribution in [0.2, 0.25) is 0 Å². The molecule has 0 saturated heterocycles. The molecule has 0 atom stereocenters. The van der Waals surface area contributed by atoms with Crippen LogP contribution in [0.4, 0.5) is 5.69 Å². The van der Waals surface area contributed by atoms with Gasteiger partial charge in [0.2, 0.25) is 5.69 Å². The third kappa shape index (κ3) is 5.83. The van der Waals surface area contributed by atoms with E-state index in [1.165, 1.54) is 51.5 Å². The number of aromatic nitrogens is 2. The van der Waals surface area contributed by atoms with Crippen LogP contribution in [0, 0.1) is 17.9 Å². The number of benzene rings is 11. The van der Waals surface area contributed by atoms with E-state index in [0.29, 0.717) is 16.9 Å². The van der Waals surface area contributed by atoms with Gasteiger partial charge in [0.15, 0.2) is 0 Å². The van der Waals surface area contributed by atoms with Crippen LogP contribution in [0.3, 0.4) is 0 Å². The Bertz CT molecular complexity index is 4990. The summed E-state index contributed by atoms with van der Waals surface area (Å²) in [5.74, 6) is 0. The van der Waals surface area contributed by atoms with Crippen molar-refractivity contribution < 1.29 is 0 Å². The molecule has 5 heterocycles. The van der Waals surface area contributed by atoms with Gasteiger partial charge in [-0.1, -0.05) is 188 Å². The van der Waals surface area contributed by atoms with Gasteiger partial charge in [0.05, 0.1) is 55.0 Å². The molecule has 0 aliphatic rings. The van der Waals surface area contributed by atoms with Crippen LogP contribution in [-0.4, -0.2) is 9.13 Å². The fourth-order valence-electron chi connectivity index (χ4n) is 12.3. The lowest BCUT2D eigenvalue weighted by atomic mass is 9.88. The predicted molar refractivity (Wildman–Crippen MR) is 321 cm³/mol. The second-order valence-electron chi connectivity index (χ2n) is 19.2. The smallest absolute Gasteiger partial charge is 0.221 e. The van der Waals surface area contributed by atoms with Gasteiger partial charge in [-0.15, -0.1) is 34.0 Å². The van der Waals surface area contributed by atoms with Crippen molar-refractivity contribution in [1.82, 2.24) is 9.13 Å². The largest absolute Gasteiger partial charge is 0.315 e. The van der Waals surface area contributed by atoms with Gasteiger partial charge >= 0.3 is 0 Å². The van der Waals surface area contributed by atoms with Gasteiger partial charge in [0.25, 0.3) is 0 Å². The third-order valence-electron chi connectivity index (χ3n) is 15.4. The zero-order valence-corrected chi connectivity index (χ0v) is 42.2. The number of nitriles is 1. The predicted octanol–water partition coefficient (Wildman–Crippen LogP) is 20.4. The average Bonchev–Trinajstić information content (AvgIpc) is 4.42. The molecule has 16 rings (SSSR count). The minimum Gasteiger partial charge on any atom is -0.315 e. The van der Waals surface area contributed by atoms with Gasteiger partial charge in [0.1, 0.15) is 6.07 Å². The summed E-state index contributed by atoms with van der Waals surface area (Å²) < 4.78 is 11.8. The number of hydrogen-bond acceptors (Lipinski definition) is 4. The molecule has 16 aromatic rings. The van der Waals surface area contributed by atoms with Crippen molar-refractivity contribution in [2.75, 3.05) is 0 Å². The van der Waals surface area contributed by atoms with Crippen molar-refractivity contribution >= 4 is 144 Å². The second kappa shape index (κ2) is 16.1. The highest BCUT2D eigenvalue weighted by Gasteiger charge is 2.33. The SMILES string of the molecule is [C-]#[N+]c1c(-c2ccccc2)c(-n2c3ccccc3c3c4c(ccc32)sc2c(-c3ccccc3)cccc24)c(-c2ccccc2)c(C#N)c1-n1c2c(ccc3c4ccccc4sc32)c2ccc3c4ccccc4sc3c21. The van der Waals surface area contributed by atoms with Crippen molar-refractivity contribution in [2.45, 2.75) is 0 Å². The lowest BCUT2D eigenvalue weighted by Crippen LogP contribution is -2.08. The fourth-order valence-corrected chi connectivity index (χ4v) is 16.1. The maximum absolute atomic E-state index is 12.4. The summed E-state index contributed by atoms with van der Waals surface area (Å²) in [4.78, 5) is 4.73. The summed E-state index contributed by atoms with van der Waals surface area (Å²) in [6.45, 7) is 9.66. The molecule has 4 nitrogen and oxygen atoms in total. The maximum atomic E-state index is 12.4. The lowest BCUT2D eigenvalue weighted by Gasteiger charge is -2.25. The quantitative estimate of drug-likeness (QED) is 0.158. The molecule has 75 heavy (non-hydrogen) atoms. The maximum Gasteiger partial charge on any atom is 0.221 e. The first kappa shape index (κ1) is 42.2. The molecular formula is C68H36N4S3. The molecule has 0 aliphatic heterocycles. The molecule has 0 radical (unpaired) electrons. The number of rotatable bonds is 5. The van der Waals surface area contributed by atoms with Gasteiger partial charge in [0, 0.05) is 83.8 Å². The van der Waals surface area contributed by atoms with Crippen LogP contribution in [0.15, 0.2) is 218 Å². The highest BCUT2D eigenvalue weighted by atomic mass is 32.1. The first-order chi connectivity index (χ1) is 37.2. The monoisotopic (exact) mass is 1000 g/mol. The molecule has 5 aromatic heterocycles. The minimum atomic E-state index is 0.419. The molecule has 0 spiro atoms. The van der Waals surface area contributed by atoms with Gasteiger partial charge < -0.3 is 9.13 Å². The van der Waals surface area contributed by atoms with E-state index in [4.69, 9.17) is 4.85 Å².